The van der Waals surface area contributed by atoms with Crippen LogP contribution >= 0.6 is 11.8 Å². The van der Waals surface area contributed by atoms with Crippen LogP contribution in [-0.2, 0) is 9.59 Å². The number of amidine groups is 1. The highest BCUT2D eigenvalue weighted by Gasteiger charge is 2.31. The van der Waals surface area contributed by atoms with Crippen molar-refractivity contribution in [1.29, 1.82) is 0 Å². The predicted octanol–water partition coefficient (Wildman–Crippen LogP) is 1.29. The van der Waals surface area contributed by atoms with E-state index in [4.69, 9.17) is 0 Å². The molecule has 2 atom stereocenters. The van der Waals surface area contributed by atoms with E-state index in [1.54, 1.807) is 11.8 Å². The molecule has 2 amide bonds. The largest absolute Gasteiger partial charge is 0.362 e. The van der Waals surface area contributed by atoms with Crippen LogP contribution in [0.5, 0.6) is 0 Å². The molecule has 0 radical (unpaired) electrons. The first kappa shape index (κ1) is 14.4. The van der Waals surface area contributed by atoms with E-state index >= 15 is 0 Å². The Labute approximate surface area is 118 Å². The Balaban J connectivity index is 2.03. The van der Waals surface area contributed by atoms with Gasteiger partial charge in [-0.2, -0.15) is 0 Å². The van der Waals surface area contributed by atoms with Gasteiger partial charge in [0.05, 0.1) is 0 Å². The minimum Gasteiger partial charge on any atom is -0.362 e. The van der Waals surface area contributed by atoms with E-state index in [1.165, 1.54) is 0 Å². The molecule has 2 N–H and O–H groups in total. The van der Waals surface area contributed by atoms with Crippen molar-refractivity contribution in [3.8, 4) is 0 Å². The van der Waals surface area contributed by atoms with Crippen molar-refractivity contribution in [3.63, 3.8) is 0 Å². The van der Waals surface area contributed by atoms with Crippen molar-refractivity contribution >= 4 is 28.7 Å². The van der Waals surface area contributed by atoms with Gasteiger partial charge in [0.25, 0.3) is 5.91 Å². The Hall–Kier alpha value is -1.04. The molecule has 6 heteroatoms. The molecule has 0 aromatic heterocycles. The van der Waals surface area contributed by atoms with E-state index in [-0.39, 0.29) is 17.2 Å². The Morgan fingerprint density at radius 2 is 2.00 bits per heavy atom. The third-order valence-electron chi connectivity index (χ3n) is 3.47. The fourth-order valence-corrected chi connectivity index (χ4v) is 3.18. The van der Waals surface area contributed by atoms with Gasteiger partial charge in [0, 0.05) is 18.2 Å². The molecule has 0 aromatic rings. The molecular formula is C13H21N3O2S. The lowest BCUT2D eigenvalue weighted by Crippen LogP contribution is -2.48. The maximum Gasteiger partial charge on any atom is 0.251 e. The number of rotatable bonds is 1. The second kappa shape index (κ2) is 5.53. The Morgan fingerprint density at radius 1 is 1.26 bits per heavy atom. The van der Waals surface area contributed by atoms with Gasteiger partial charge in [0.2, 0.25) is 5.91 Å². The summed E-state index contributed by atoms with van der Waals surface area (Å²) in [7, 11) is 0. The Morgan fingerprint density at radius 3 is 2.63 bits per heavy atom. The fourth-order valence-electron chi connectivity index (χ4n) is 2.21. The number of amides is 2. The summed E-state index contributed by atoms with van der Waals surface area (Å²) in [6.07, 6.45) is 1.99. The minimum absolute atomic E-state index is 0.173. The van der Waals surface area contributed by atoms with E-state index in [0.29, 0.717) is 18.9 Å². The van der Waals surface area contributed by atoms with Crippen LogP contribution in [0, 0.1) is 5.41 Å². The topological polar surface area (TPSA) is 70.6 Å². The monoisotopic (exact) mass is 283 g/mol. The number of carbonyl (C=O) groups excluding carboxylic acids is 2. The maximum absolute atomic E-state index is 11.7. The first-order valence-electron chi connectivity index (χ1n) is 6.67. The van der Waals surface area contributed by atoms with Crippen molar-refractivity contribution in [1.82, 2.24) is 10.6 Å². The van der Waals surface area contributed by atoms with Gasteiger partial charge in [0.15, 0.2) is 5.17 Å². The van der Waals surface area contributed by atoms with Crippen LogP contribution in [-0.4, -0.2) is 34.8 Å². The van der Waals surface area contributed by atoms with Crippen LogP contribution in [0.4, 0.5) is 0 Å². The number of nitrogens with zero attached hydrogens (tertiary/aromatic N) is 1. The van der Waals surface area contributed by atoms with E-state index in [2.05, 4.69) is 36.4 Å². The predicted molar refractivity (Wildman–Crippen MR) is 77.1 cm³/mol. The summed E-state index contributed by atoms with van der Waals surface area (Å²) >= 11 is 1.65. The molecule has 0 saturated carbocycles. The molecule has 0 bridgehead atoms. The zero-order chi connectivity index (χ0) is 14.0. The summed E-state index contributed by atoms with van der Waals surface area (Å²) in [6, 6.07) is -0.0489. The van der Waals surface area contributed by atoms with Crippen LogP contribution in [0.3, 0.4) is 0 Å². The quantitative estimate of drug-likeness (QED) is 0.711. The van der Waals surface area contributed by atoms with E-state index in [0.717, 1.165) is 17.3 Å². The van der Waals surface area contributed by atoms with Crippen molar-refractivity contribution in [2.45, 2.75) is 52.1 Å². The lowest BCUT2D eigenvalue weighted by Gasteiger charge is -2.36. The van der Waals surface area contributed by atoms with Gasteiger partial charge in [-0.1, -0.05) is 32.5 Å². The first-order valence-corrected chi connectivity index (χ1v) is 7.65. The minimum atomic E-state index is -0.425. The highest BCUT2D eigenvalue weighted by atomic mass is 32.2. The summed E-state index contributed by atoms with van der Waals surface area (Å²) < 4.78 is 0. The summed E-state index contributed by atoms with van der Waals surface area (Å²) in [4.78, 5) is 27.3. The molecule has 0 aromatic carbocycles. The van der Waals surface area contributed by atoms with Gasteiger partial charge in [-0.3, -0.25) is 14.9 Å². The molecule has 0 aliphatic carbocycles. The van der Waals surface area contributed by atoms with Gasteiger partial charge in [-0.25, -0.2) is 4.99 Å². The molecule has 5 nitrogen and oxygen atoms in total. The second-order valence-electron chi connectivity index (χ2n) is 6.10. The molecule has 106 valence electrons. The normalized spacial score (nSPS) is 31.0. The van der Waals surface area contributed by atoms with Gasteiger partial charge in [0.1, 0.15) is 6.04 Å². The number of carbonyl (C=O) groups is 2. The number of hydrogen-bond acceptors (Lipinski definition) is 4. The van der Waals surface area contributed by atoms with Gasteiger partial charge < -0.3 is 5.32 Å². The number of hydrogen-bond donors (Lipinski definition) is 2. The third-order valence-corrected chi connectivity index (χ3v) is 4.41. The molecule has 2 unspecified atom stereocenters. The standard InChI is InChI=1S/C13H21N3O2S/c1-13(2,3)9-6-7-19-12(15-9)14-8-4-5-10(17)16-11(8)18/h8-9H,4-7H2,1-3H3,(H,14,15)(H,16,17,18). The highest BCUT2D eigenvalue weighted by molar-refractivity contribution is 8.13. The lowest BCUT2D eigenvalue weighted by molar-refractivity contribution is -0.133. The summed E-state index contributed by atoms with van der Waals surface area (Å²) in [5.41, 5.74) is 0.173. The van der Waals surface area contributed by atoms with Crippen LogP contribution in [0.25, 0.3) is 0 Å². The average molecular weight is 283 g/mol. The maximum atomic E-state index is 11.7. The van der Waals surface area contributed by atoms with Crippen molar-refractivity contribution < 1.29 is 9.59 Å². The van der Waals surface area contributed by atoms with Gasteiger partial charge >= 0.3 is 0 Å². The average Bonchev–Trinajstić information content (AvgIpc) is 2.32. The van der Waals surface area contributed by atoms with Crippen LogP contribution < -0.4 is 10.6 Å². The Bertz CT molecular complexity index is 415. The smallest absolute Gasteiger partial charge is 0.251 e. The number of imide groups is 1. The van der Waals surface area contributed by atoms with E-state index in [1.807, 2.05) is 0 Å². The number of thioether (sulfide) groups is 1. The Kier molecular flexibility index (Phi) is 4.18. The third kappa shape index (κ3) is 3.72. The molecule has 2 fully saturated rings. The number of nitrogens with one attached hydrogen (secondary N) is 2. The van der Waals surface area contributed by atoms with Crippen LogP contribution in [0.1, 0.15) is 40.0 Å². The molecule has 2 aliphatic rings. The summed E-state index contributed by atoms with van der Waals surface area (Å²) in [5, 5.41) is 6.59. The molecule has 2 saturated heterocycles. The summed E-state index contributed by atoms with van der Waals surface area (Å²) in [6.45, 7) is 6.60. The van der Waals surface area contributed by atoms with Crippen molar-refractivity contribution in [2.75, 3.05) is 5.75 Å². The lowest BCUT2D eigenvalue weighted by atomic mass is 9.85. The highest BCUT2D eigenvalue weighted by Crippen LogP contribution is 2.27. The SMILES string of the molecule is CC(C)(C)C1CCSC(=NC2CCC(=O)NC2=O)N1. The number of aliphatic imine (C=N–C) groups is 1. The van der Waals surface area contributed by atoms with Gasteiger partial charge in [-0.05, 0) is 18.3 Å². The summed E-state index contributed by atoms with van der Waals surface area (Å²) in [5.74, 6) is 0.545. The van der Waals surface area contributed by atoms with E-state index < -0.39 is 6.04 Å². The molecule has 19 heavy (non-hydrogen) atoms. The first-order chi connectivity index (χ1) is 8.86. The fraction of sp³-hybridized carbons (Fsp3) is 0.769. The second-order valence-corrected chi connectivity index (χ2v) is 7.18. The molecule has 0 spiro atoms. The molecular weight excluding hydrogens is 262 g/mol. The van der Waals surface area contributed by atoms with Crippen LogP contribution in [0.15, 0.2) is 4.99 Å². The van der Waals surface area contributed by atoms with Crippen molar-refractivity contribution in [3.05, 3.63) is 0 Å². The number of piperidine rings is 1. The zero-order valence-electron chi connectivity index (χ0n) is 11.7. The molecule has 2 aliphatic heterocycles. The molecule has 2 heterocycles. The van der Waals surface area contributed by atoms with E-state index in [9.17, 15) is 9.59 Å². The zero-order valence-corrected chi connectivity index (χ0v) is 12.5. The van der Waals surface area contributed by atoms with Crippen molar-refractivity contribution in [2.24, 2.45) is 10.4 Å². The molecule has 2 rings (SSSR count). The van der Waals surface area contributed by atoms with Gasteiger partial charge in [-0.15, -0.1) is 0 Å². The van der Waals surface area contributed by atoms with Crippen LogP contribution in [0.2, 0.25) is 0 Å².